The summed E-state index contributed by atoms with van der Waals surface area (Å²) < 4.78 is 5.36. The maximum Gasteiger partial charge on any atom is 0.223 e. The van der Waals surface area contributed by atoms with Crippen molar-refractivity contribution in [2.24, 2.45) is 0 Å². The minimum absolute atomic E-state index is 0.00986. The highest BCUT2D eigenvalue weighted by molar-refractivity contribution is 14.1. The van der Waals surface area contributed by atoms with Crippen molar-refractivity contribution >= 4 is 34.2 Å². The van der Waals surface area contributed by atoms with Crippen molar-refractivity contribution in [1.82, 2.24) is 0 Å². The zero-order chi connectivity index (χ0) is 9.99. The van der Waals surface area contributed by atoms with E-state index in [4.69, 9.17) is 12.6 Å². The van der Waals surface area contributed by atoms with Crippen LogP contribution in [0.4, 0.5) is 0 Å². The van der Waals surface area contributed by atoms with E-state index in [1.165, 1.54) is 0 Å². The Morgan fingerprint density at radius 2 is 1.83 bits per heavy atom. The van der Waals surface area contributed by atoms with E-state index in [0.717, 1.165) is 0 Å². The maximum absolute atomic E-state index is 11.0. The molecule has 68 valence electrons. The van der Waals surface area contributed by atoms with Crippen LogP contribution in [0.3, 0.4) is 0 Å². The Kier molecular flexibility index (Phi) is 4.23. The van der Waals surface area contributed by atoms with Crippen molar-refractivity contribution in [3.05, 3.63) is 0 Å². The van der Waals surface area contributed by atoms with E-state index in [0.29, 0.717) is 6.61 Å². The first-order valence-electron chi connectivity index (χ1n) is 3.78. The van der Waals surface area contributed by atoms with E-state index in [2.05, 4.69) is 0 Å². The summed E-state index contributed by atoms with van der Waals surface area (Å²) >= 11 is 1.73. The lowest BCUT2D eigenvalue weighted by Crippen LogP contribution is -2.33. The van der Waals surface area contributed by atoms with Gasteiger partial charge in [-0.2, -0.15) is 0 Å². The minimum Gasteiger partial charge on any atom is -0.367 e. The lowest BCUT2D eigenvalue weighted by atomic mass is 9.73. The van der Waals surface area contributed by atoms with Crippen LogP contribution in [0.15, 0.2) is 0 Å². The molecule has 4 heteroatoms. The normalized spacial score (nSPS) is 13.1. The number of rotatable bonds is 4. The second-order valence-electron chi connectivity index (χ2n) is 4.06. The zero-order valence-electron chi connectivity index (χ0n) is 7.98. The molecule has 0 spiro atoms. The molecular formula is C8H14BIO2. The molecule has 2 nitrogen and oxygen atoms in total. The highest BCUT2D eigenvalue weighted by atomic mass is 127. The molecule has 0 aromatic carbocycles. The molecule has 0 atom stereocenters. The summed E-state index contributed by atoms with van der Waals surface area (Å²) in [4.78, 5) is 11.0. The largest absolute Gasteiger partial charge is 0.367 e. The highest BCUT2D eigenvalue weighted by Gasteiger charge is 2.27. The van der Waals surface area contributed by atoms with E-state index < -0.39 is 5.60 Å². The van der Waals surface area contributed by atoms with Crippen LogP contribution in [0.5, 0.6) is 0 Å². The molecule has 0 aliphatic rings. The van der Waals surface area contributed by atoms with E-state index in [1.807, 2.05) is 13.8 Å². The van der Waals surface area contributed by atoms with Gasteiger partial charge in [-0.3, -0.25) is 4.79 Å². The summed E-state index contributed by atoms with van der Waals surface area (Å²) in [6, 6.07) is 0. The van der Waals surface area contributed by atoms with Crippen LogP contribution < -0.4 is 0 Å². The number of hydrogen-bond donors (Lipinski definition) is 0. The van der Waals surface area contributed by atoms with Gasteiger partial charge in [0, 0.05) is 29.2 Å². The molecule has 0 rings (SSSR count). The van der Waals surface area contributed by atoms with Gasteiger partial charge in [-0.25, -0.2) is 0 Å². The molecular weight excluding hydrogens is 266 g/mol. The molecule has 0 amide bonds. The number of ether oxygens (including phenoxy) is 1. The van der Waals surface area contributed by atoms with Crippen molar-refractivity contribution in [2.75, 3.05) is 6.61 Å². The third-order valence-electron chi connectivity index (χ3n) is 1.28. The monoisotopic (exact) mass is 280 g/mol. The molecule has 0 saturated carbocycles. The molecule has 0 saturated heterocycles. The molecule has 0 aromatic rings. The Morgan fingerprint density at radius 3 is 2.08 bits per heavy atom. The molecule has 0 aliphatic carbocycles. The van der Waals surface area contributed by atoms with Crippen LogP contribution in [0.25, 0.3) is 0 Å². The second kappa shape index (κ2) is 4.09. The van der Waals surface area contributed by atoms with Gasteiger partial charge in [0.05, 0.1) is 7.85 Å². The SMILES string of the molecule is [B]C(C)(C)COC(C)(C)C(=O)I. The Bertz CT molecular complexity index is 172. The van der Waals surface area contributed by atoms with Crippen LogP contribution in [0.2, 0.25) is 5.31 Å². The van der Waals surface area contributed by atoms with E-state index >= 15 is 0 Å². The standard InChI is InChI=1S/C8H14BIO2/c1-7(2,9)5-12-8(3,4)6(10)11/h5H2,1-4H3. The van der Waals surface area contributed by atoms with Crippen LogP contribution in [0.1, 0.15) is 27.7 Å². The Labute approximate surface area is 89.0 Å². The first-order valence-corrected chi connectivity index (χ1v) is 4.86. The van der Waals surface area contributed by atoms with Gasteiger partial charge in [-0.1, -0.05) is 13.8 Å². The summed E-state index contributed by atoms with van der Waals surface area (Å²) in [5, 5.41) is -0.386. The van der Waals surface area contributed by atoms with Gasteiger partial charge >= 0.3 is 0 Å². The molecule has 0 fully saturated rings. The molecule has 0 unspecified atom stereocenters. The summed E-state index contributed by atoms with van der Waals surface area (Å²) in [6.07, 6.45) is 0. The Balaban J connectivity index is 4.01. The quantitative estimate of drug-likeness (QED) is 0.448. The topological polar surface area (TPSA) is 26.3 Å². The highest BCUT2D eigenvalue weighted by Crippen LogP contribution is 2.23. The Morgan fingerprint density at radius 1 is 1.42 bits per heavy atom. The third-order valence-corrected chi connectivity index (χ3v) is 2.58. The predicted octanol–water partition coefficient (Wildman–Crippen LogP) is 2.11. The molecule has 0 N–H and O–H groups in total. The summed E-state index contributed by atoms with van der Waals surface area (Å²) in [5.41, 5.74) is -0.725. The van der Waals surface area contributed by atoms with Gasteiger partial charge in [0.15, 0.2) is 0 Å². The van der Waals surface area contributed by atoms with Crippen molar-refractivity contribution in [2.45, 2.75) is 38.6 Å². The van der Waals surface area contributed by atoms with Gasteiger partial charge < -0.3 is 4.74 Å². The fraction of sp³-hybridized carbons (Fsp3) is 0.875. The van der Waals surface area contributed by atoms with Gasteiger partial charge in [-0.15, -0.1) is 0 Å². The molecule has 0 aromatic heterocycles. The van der Waals surface area contributed by atoms with Crippen LogP contribution in [-0.4, -0.2) is 23.8 Å². The predicted molar refractivity (Wildman–Crippen MR) is 58.9 cm³/mol. The molecule has 12 heavy (non-hydrogen) atoms. The van der Waals surface area contributed by atoms with Crippen molar-refractivity contribution in [1.29, 1.82) is 0 Å². The summed E-state index contributed by atoms with van der Waals surface area (Å²) in [6.45, 7) is 7.59. The first kappa shape index (κ1) is 12.4. The average Bonchev–Trinajstić information content (AvgIpc) is 1.82. The van der Waals surface area contributed by atoms with Crippen LogP contribution in [0, 0.1) is 0 Å². The Hall–Kier alpha value is 0.425. The van der Waals surface area contributed by atoms with Gasteiger partial charge in [-0.05, 0) is 19.2 Å². The van der Waals surface area contributed by atoms with Crippen molar-refractivity contribution in [3.63, 3.8) is 0 Å². The first-order chi connectivity index (χ1) is 5.15. The molecule has 0 aliphatic heterocycles. The summed E-state index contributed by atoms with van der Waals surface area (Å²) in [5.74, 6) is 0. The number of carbonyl (C=O) groups is 1. The molecule has 0 bridgehead atoms. The number of hydrogen-bond acceptors (Lipinski definition) is 2. The number of carbonyl (C=O) groups excluding carboxylic acids is 1. The van der Waals surface area contributed by atoms with E-state index in [-0.39, 0.29) is 9.10 Å². The molecule has 2 radical (unpaired) electrons. The number of halogens is 1. The fourth-order valence-electron chi connectivity index (χ4n) is 0.423. The lowest BCUT2D eigenvalue weighted by molar-refractivity contribution is -0.129. The second-order valence-corrected chi connectivity index (χ2v) is 5.04. The van der Waals surface area contributed by atoms with Crippen LogP contribution >= 0.6 is 22.6 Å². The fourth-order valence-corrected chi connectivity index (χ4v) is 0.579. The lowest BCUT2D eigenvalue weighted by Gasteiger charge is -2.27. The van der Waals surface area contributed by atoms with Gasteiger partial charge in [0.1, 0.15) is 5.60 Å². The third kappa shape index (κ3) is 5.14. The summed E-state index contributed by atoms with van der Waals surface area (Å²) in [7, 11) is 5.70. The van der Waals surface area contributed by atoms with Crippen molar-refractivity contribution in [3.8, 4) is 0 Å². The van der Waals surface area contributed by atoms with Gasteiger partial charge in [0.2, 0.25) is 3.79 Å². The minimum atomic E-state index is -0.725. The van der Waals surface area contributed by atoms with Crippen LogP contribution in [-0.2, 0) is 9.53 Å². The maximum atomic E-state index is 11.0. The zero-order valence-corrected chi connectivity index (χ0v) is 10.1. The van der Waals surface area contributed by atoms with Gasteiger partial charge in [0.25, 0.3) is 0 Å². The van der Waals surface area contributed by atoms with E-state index in [9.17, 15) is 4.79 Å². The van der Waals surface area contributed by atoms with Crippen molar-refractivity contribution < 1.29 is 9.53 Å². The molecule has 0 heterocycles. The smallest absolute Gasteiger partial charge is 0.223 e. The average molecular weight is 280 g/mol. The van der Waals surface area contributed by atoms with E-state index in [1.54, 1.807) is 36.4 Å².